The molecular weight excluding hydrogens is 324 g/mol. The van der Waals surface area contributed by atoms with E-state index in [1.165, 1.54) is 11.6 Å². The van der Waals surface area contributed by atoms with Crippen LogP contribution < -0.4 is 5.43 Å². The van der Waals surface area contributed by atoms with Crippen molar-refractivity contribution in [3.05, 3.63) is 56.5 Å². The monoisotopic (exact) mass is 336 g/mol. The zero-order valence-corrected chi connectivity index (χ0v) is 13.4. The number of methoxy groups -OCH3 is 2. The Morgan fingerprint density at radius 1 is 1.09 bits per heavy atom. The van der Waals surface area contributed by atoms with Crippen molar-refractivity contribution in [2.75, 3.05) is 14.2 Å². The average molecular weight is 337 g/mol. The van der Waals surface area contributed by atoms with Crippen LogP contribution in [0, 0.1) is 6.92 Å². The molecule has 23 heavy (non-hydrogen) atoms. The highest BCUT2D eigenvalue weighted by atomic mass is 35.5. The Kier molecular flexibility index (Phi) is 4.80. The molecule has 0 spiro atoms. The molecule has 0 N–H and O–H groups in total. The van der Waals surface area contributed by atoms with Crippen molar-refractivity contribution >= 4 is 23.5 Å². The van der Waals surface area contributed by atoms with Crippen LogP contribution in [0.15, 0.2) is 29.1 Å². The summed E-state index contributed by atoms with van der Waals surface area (Å²) in [7, 11) is 2.26. The summed E-state index contributed by atoms with van der Waals surface area (Å²) >= 11 is 5.84. The van der Waals surface area contributed by atoms with E-state index < -0.39 is 23.1 Å². The fourth-order valence-electron chi connectivity index (χ4n) is 2.02. The lowest BCUT2D eigenvalue weighted by molar-refractivity contribution is 0.0587. The Hall–Kier alpha value is -2.67. The fourth-order valence-corrected chi connectivity index (χ4v) is 2.14. The van der Waals surface area contributed by atoms with Crippen LogP contribution in [0.1, 0.15) is 26.5 Å². The minimum Gasteiger partial charge on any atom is -0.465 e. The Labute approximate surface area is 136 Å². The standard InChI is InChI=1S/C15H13ClN2O5/c1-8-11(14(20)22-2)13(19)12(15(21)23-3)17-18(8)10-6-4-9(16)5-7-10/h4-7H,1-3H3. The quantitative estimate of drug-likeness (QED) is 0.794. The Balaban J connectivity index is 2.81. The van der Waals surface area contributed by atoms with Gasteiger partial charge in [-0.25, -0.2) is 14.3 Å². The lowest BCUT2D eigenvalue weighted by atomic mass is 10.1. The van der Waals surface area contributed by atoms with E-state index >= 15 is 0 Å². The molecule has 1 aromatic heterocycles. The first-order valence-electron chi connectivity index (χ1n) is 6.47. The molecule has 1 heterocycles. The van der Waals surface area contributed by atoms with Crippen LogP contribution in [0.3, 0.4) is 0 Å². The maximum absolute atomic E-state index is 12.3. The lowest BCUT2D eigenvalue weighted by Crippen LogP contribution is -2.31. The number of carbonyl (C=O) groups excluding carboxylic acids is 2. The van der Waals surface area contributed by atoms with Crippen molar-refractivity contribution in [2.45, 2.75) is 6.92 Å². The van der Waals surface area contributed by atoms with Crippen molar-refractivity contribution < 1.29 is 19.1 Å². The van der Waals surface area contributed by atoms with Gasteiger partial charge < -0.3 is 9.47 Å². The molecule has 0 aliphatic rings. The SMILES string of the molecule is COC(=O)c1nn(-c2ccc(Cl)cc2)c(C)c(C(=O)OC)c1=O. The number of nitrogens with zero attached hydrogens (tertiary/aromatic N) is 2. The number of esters is 2. The van der Waals surface area contributed by atoms with Gasteiger partial charge in [-0.2, -0.15) is 5.10 Å². The van der Waals surface area contributed by atoms with Crippen LogP contribution in [-0.4, -0.2) is 35.9 Å². The Morgan fingerprint density at radius 3 is 2.17 bits per heavy atom. The van der Waals surface area contributed by atoms with Gasteiger partial charge in [-0.05, 0) is 31.2 Å². The second-order valence-electron chi connectivity index (χ2n) is 4.51. The van der Waals surface area contributed by atoms with E-state index in [-0.39, 0.29) is 11.3 Å². The molecule has 2 aromatic rings. The number of hydrogen-bond donors (Lipinski definition) is 0. The average Bonchev–Trinajstić information content (AvgIpc) is 2.55. The third-order valence-corrected chi connectivity index (χ3v) is 3.41. The number of benzene rings is 1. The van der Waals surface area contributed by atoms with Gasteiger partial charge in [0, 0.05) is 5.02 Å². The van der Waals surface area contributed by atoms with Gasteiger partial charge in [-0.1, -0.05) is 11.6 Å². The molecule has 0 bridgehead atoms. The number of ether oxygens (including phenoxy) is 2. The molecule has 1 aromatic carbocycles. The van der Waals surface area contributed by atoms with Crippen LogP contribution >= 0.6 is 11.6 Å². The molecule has 0 saturated heterocycles. The summed E-state index contributed by atoms with van der Waals surface area (Å²) in [6, 6.07) is 6.50. The first-order chi connectivity index (χ1) is 10.9. The molecule has 120 valence electrons. The maximum atomic E-state index is 12.3. The van der Waals surface area contributed by atoms with Gasteiger partial charge >= 0.3 is 11.9 Å². The minimum atomic E-state index is -0.942. The molecule has 0 atom stereocenters. The molecule has 0 unspecified atom stereocenters. The molecule has 0 aliphatic carbocycles. The first kappa shape index (κ1) is 16.7. The first-order valence-corrected chi connectivity index (χ1v) is 6.85. The predicted molar refractivity (Wildman–Crippen MR) is 82.3 cm³/mol. The highest BCUT2D eigenvalue weighted by molar-refractivity contribution is 6.30. The topological polar surface area (TPSA) is 87.5 Å². The van der Waals surface area contributed by atoms with Crippen LogP contribution in [-0.2, 0) is 9.47 Å². The van der Waals surface area contributed by atoms with Crippen molar-refractivity contribution in [1.29, 1.82) is 0 Å². The molecule has 7 nitrogen and oxygen atoms in total. The predicted octanol–water partition coefficient (Wildman–Crippen LogP) is 1.77. The minimum absolute atomic E-state index is 0.233. The Morgan fingerprint density at radius 2 is 1.65 bits per heavy atom. The summed E-state index contributed by atoms with van der Waals surface area (Å²) in [5.41, 5.74) is -0.878. The zero-order chi connectivity index (χ0) is 17.1. The van der Waals surface area contributed by atoms with E-state index in [0.717, 1.165) is 14.2 Å². The summed E-state index contributed by atoms with van der Waals surface area (Å²) in [5, 5.41) is 4.51. The molecule has 0 radical (unpaired) electrons. The van der Waals surface area contributed by atoms with Crippen molar-refractivity contribution in [3.63, 3.8) is 0 Å². The van der Waals surface area contributed by atoms with Crippen LogP contribution in [0.2, 0.25) is 5.02 Å². The highest BCUT2D eigenvalue weighted by Crippen LogP contribution is 2.16. The smallest absolute Gasteiger partial charge is 0.362 e. The molecule has 0 aliphatic heterocycles. The summed E-state index contributed by atoms with van der Waals surface area (Å²) in [5.74, 6) is -1.80. The molecule has 8 heteroatoms. The van der Waals surface area contributed by atoms with Crippen LogP contribution in [0.5, 0.6) is 0 Å². The fraction of sp³-hybridized carbons (Fsp3) is 0.200. The van der Waals surface area contributed by atoms with E-state index in [1.54, 1.807) is 24.3 Å². The summed E-state index contributed by atoms with van der Waals surface area (Å²) in [6.07, 6.45) is 0. The normalized spacial score (nSPS) is 10.3. The van der Waals surface area contributed by atoms with E-state index in [1.807, 2.05) is 0 Å². The number of rotatable bonds is 3. The molecular formula is C15H13ClN2O5. The number of hydrogen-bond acceptors (Lipinski definition) is 6. The highest BCUT2D eigenvalue weighted by Gasteiger charge is 2.25. The van der Waals surface area contributed by atoms with Crippen molar-refractivity contribution in [1.82, 2.24) is 9.78 Å². The maximum Gasteiger partial charge on any atom is 0.362 e. The van der Waals surface area contributed by atoms with E-state index in [9.17, 15) is 14.4 Å². The van der Waals surface area contributed by atoms with Gasteiger partial charge in [0.25, 0.3) is 0 Å². The van der Waals surface area contributed by atoms with Gasteiger partial charge in [0.2, 0.25) is 11.1 Å². The van der Waals surface area contributed by atoms with Gasteiger partial charge in [0.1, 0.15) is 5.56 Å². The molecule has 0 saturated carbocycles. The Bertz CT molecular complexity index is 827. The van der Waals surface area contributed by atoms with Gasteiger partial charge in [-0.15, -0.1) is 0 Å². The third-order valence-electron chi connectivity index (χ3n) is 3.16. The number of halogens is 1. The second-order valence-corrected chi connectivity index (χ2v) is 4.95. The lowest BCUT2D eigenvalue weighted by Gasteiger charge is -2.14. The van der Waals surface area contributed by atoms with E-state index in [4.69, 9.17) is 11.6 Å². The van der Waals surface area contributed by atoms with E-state index in [0.29, 0.717) is 10.7 Å². The zero-order valence-electron chi connectivity index (χ0n) is 12.6. The van der Waals surface area contributed by atoms with Crippen molar-refractivity contribution in [2.24, 2.45) is 0 Å². The summed E-state index contributed by atoms with van der Waals surface area (Å²) < 4.78 is 10.5. The summed E-state index contributed by atoms with van der Waals surface area (Å²) in [4.78, 5) is 36.0. The number of aromatic nitrogens is 2. The third kappa shape index (κ3) is 3.09. The summed E-state index contributed by atoms with van der Waals surface area (Å²) in [6.45, 7) is 1.52. The van der Waals surface area contributed by atoms with Crippen LogP contribution in [0.4, 0.5) is 0 Å². The van der Waals surface area contributed by atoms with Crippen molar-refractivity contribution in [3.8, 4) is 5.69 Å². The molecule has 0 fully saturated rings. The van der Waals surface area contributed by atoms with Crippen LogP contribution in [0.25, 0.3) is 5.69 Å². The number of carbonyl (C=O) groups is 2. The second kappa shape index (κ2) is 6.62. The van der Waals surface area contributed by atoms with Gasteiger partial charge in [0.05, 0.1) is 25.6 Å². The van der Waals surface area contributed by atoms with Gasteiger partial charge in [-0.3, -0.25) is 4.79 Å². The molecule has 0 amide bonds. The molecule has 2 rings (SSSR count). The van der Waals surface area contributed by atoms with Gasteiger partial charge in [0.15, 0.2) is 0 Å². The largest absolute Gasteiger partial charge is 0.465 e. The van der Waals surface area contributed by atoms with E-state index in [2.05, 4.69) is 14.6 Å².